The molecule has 0 atom stereocenters. The number of nitrogens with one attached hydrogen (secondary N) is 2. The normalized spacial score (nSPS) is 10.5. The number of carbonyl (C=O) groups excluding carboxylic acids is 1. The van der Waals surface area contributed by atoms with Crippen molar-refractivity contribution in [3.05, 3.63) is 29.8 Å². The Labute approximate surface area is 137 Å². The van der Waals surface area contributed by atoms with Crippen LogP contribution in [0.3, 0.4) is 0 Å². The van der Waals surface area contributed by atoms with E-state index in [2.05, 4.69) is 20.8 Å². The molecule has 2 N–H and O–H groups in total. The standard InChI is InChI=1S/C14H18N4O2S2/c1-10-4-3-5-11(8-10)16-13-17-18-14(22-13)21-9-12(19)15-6-7-20-2/h3-5,8H,6-7,9H2,1-2H3,(H,15,19)(H,16,17). The Kier molecular flexibility index (Phi) is 6.63. The van der Waals surface area contributed by atoms with Gasteiger partial charge in [0.05, 0.1) is 12.4 Å². The first-order valence-electron chi connectivity index (χ1n) is 6.73. The molecule has 118 valence electrons. The predicted octanol–water partition coefficient (Wildman–Crippen LogP) is 2.44. The van der Waals surface area contributed by atoms with Gasteiger partial charge in [-0.05, 0) is 24.6 Å². The second-order valence-electron chi connectivity index (χ2n) is 4.50. The molecule has 22 heavy (non-hydrogen) atoms. The van der Waals surface area contributed by atoms with E-state index in [0.29, 0.717) is 24.0 Å². The second-order valence-corrected chi connectivity index (χ2v) is 6.70. The molecule has 1 heterocycles. The highest BCUT2D eigenvalue weighted by atomic mass is 32.2. The zero-order valence-electron chi connectivity index (χ0n) is 12.5. The minimum Gasteiger partial charge on any atom is -0.383 e. The fraction of sp³-hybridized carbons (Fsp3) is 0.357. The van der Waals surface area contributed by atoms with Gasteiger partial charge >= 0.3 is 0 Å². The van der Waals surface area contributed by atoms with E-state index in [4.69, 9.17) is 4.74 Å². The number of amides is 1. The molecule has 1 aromatic heterocycles. The molecule has 0 unspecified atom stereocenters. The molecule has 2 rings (SSSR count). The number of hydrogen-bond acceptors (Lipinski definition) is 7. The van der Waals surface area contributed by atoms with E-state index in [1.807, 2.05) is 31.2 Å². The van der Waals surface area contributed by atoms with Crippen LogP contribution in [0, 0.1) is 6.92 Å². The maximum absolute atomic E-state index is 11.6. The first-order chi connectivity index (χ1) is 10.7. The van der Waals surface area contributed by atoms with E-state index < -0.39 is 0 Å². The Morgan fingerprint density at radius 3 is 3.05 bits per heavy atom. The number of methoxy groups -OCH3 is 1. The number of anilines is 2. The third-order valence-electron chi connectivity index (χ3n) is 2.63. The molecule has 1 amide bonds. The second kappa shape index (κ2) is 8.72. The number of rotatable bonds is 8. The van der Waals surface area contributed by atoms with E-state index in [0.717, 1.165) is 10.0 Å². The quantitative estimate of drug-likeness (QED) is 0.569. The van der Waals surface area contributed by atoms with Crippen LogP contribution in [0.4, 0.5) is 10.8 Å². The molecule has 1 aromatic carbocycles. The van der Waals surface area contributed by atoms with Gasteiger partial charge in [0.25, 0.3) is 0 Å². The SMILES string of the molecule is COCCNC(=O)CSc1nnc(Nc2cccc(C)c2)s1. The van der Waals surface area contributed by atoms with Gasteiger partial charge in [0.1, 0.15) is 0 Å². The van der Waals surface area contributed by atoms with Crippen LogP contribution in [0.1, 0.15) is 5.56 Å². The molecule has 0 fully saturated rings. The van der Waals surface area contributed by atoms with Crippen molar-refractivity contribution in [3.63, 3.8) is 0 Å². The third-order valence-corrected chi connectivity index (χ3v) is 4.60. The maximum atomic E-state index is 11.6. The number of nitrogens with zero attached hydrogens (tertiary/aromatic N) is 2. The Hall–Kier alpha value is -1.64. The molecular formula is C14H18N4O2S2. The lowest BCUT2D eigenvalue weighted by Crippen LogP contribution is -2.28. The Bertz CT molecular complexity index is 618. The van der Waals surface area contributed by atoms with Crippen molar-refractivity contribution in [2.75, 3.05) is 31.3 Å². The molecule has 0 bridgehead atoms. The minimum atomic E-state index is -0.0366. The summed E-state index contributed by atoms with van der Waals surface area (Å²) in [4.78, 5) is 11.6. The van der Waals surface area contributed by atoms with Crippen LogP contribution in [0.15, 0.2) is 28.6 Å². The Morgan fingerprint density at radius 2 is 2.27 bits per heavy atom. The van der Waals surface area contributed by atoms with Crippen molar-refractivity contribution < 1.29 is 9.53 Å². The Balaban J connectivity index is 1.80. The summed E-state index contributed by atoms with van der Waals surface area (Å²) < 4.78 is 5.63. The van der Waals surface area contributed by atoms with E-state index in [1.165, 1.54) is 28.7 Å². The van der Waals surface area contributed by atoms with Crippen LogP contribution < -0.4 is 10.6 Å². The van der Waals surface area contributed by atoms with Gasteiger partial charge in [-0.25, -0.2) is 0 Å². The van der Waals surface area contributed by atoms with Crippen LogP contribution in [-0.2, 0) is 9.53 Å². The smallest absolute Gasteiger partial charge is 0.230 e. The summed E-state index contributed by atoms with van der Waals surface area (Å²) in [7, 11) is 1.60. The van der Waals surface area contributed by atoms with Gasteiger partial charge in [-0.1, -0.05) is 35.2 Å². The van der Waals surface area contributed by atoms with Crippen LogP contribution in [0.2, 0.25) is 0 Å². The number of aryl methyl sites for hydroxylation is 1. The number of aromatic nitrogens is 2. The highest BCUT2D eigenvalue weighted by Gasteiger charge is 2.08. The summed E-state index contributed by atoms with van der Waals surface area (Å²) in [5, 5.41) is 14.8. The summed E-state index contributed by atoms with van der Waals surface area (Å²) >= 11 is 2.80. The molecule has 0 saturated heterocycles. The molecule has 0 aliphatic heterocycles. The van der Waals surface area contributed by atoms with Gasteiger partial charge in [0.2, 0.25) is 11.0 Å². The molecule has 0 spiro atoms. The van der Waals surface area contributed by atoms with Crippen molar-refractivity contribution in [2.24, 2.45) is 0 Å². The van der Waals surface area contributed by atoms with Crippen LogP contribution in [0.5, 0.6) is 0 Å². The number of hydrogen-bond donors (Lipinski definition) is 2. The zero-order chi connectivity index (χ0) is 15.8. The van der Waals surface area contributed by atoms with Gasteiger partial charge in [0.15, 0.2) is 4.34 Å². The van der Waals surface area contributed by atoms with Crippen LogP contribution in [0.25, 0.3) is 0 Å². The molecule has 2 aromatic rings. The molecular weight excluding hydrogens is 320 g/mol. The van der Waals surface area contributed by atoms with Crippen molar-refractivity contribution in [1.82, 2.24) is 15.5 Å². The predicted molar refractivity (Wildman–Crippen MR) is 90.0 cm³/mol. The van der Waals surface area contributed by atoms with Gasteiger partial charge in [-0.3, -0.25) is 4.79 Å². The fourth-order valence-corrected chi connectivity index (χ4v) is 3.24. The average Bonchev–Trinajstić information content (AvgIpc) is 2.93. The lowest BCUT2D eigenvalue weighted by molar-refractivity contribution is -0.118. The van der Waals surface area contributed by atoms with E-state index in [-0.39, 0.29) is 5.91 Å². The number of benzene rings is 1. The summed E-state index contributed by atoms with van der Waals surface area (Å²) in [6.45, 7) is 3.07. The summed E-state index contributed by atoms with van der Waals surface area (Å²) in [6, 6.07) is 8.04. The summed E-state index contributed by atoms with van der Waals surface area (Å²) in [5.74, 6) is 0.286. The number of carbonyl (C=O) groups is 1. The average molecular weight is 338 g/mol. The van der Waals surface area contributed by atoms with E-state index in [1.54, 1.807) is 7.11 Å². The zero-order valence-corrected chi connectivity index (χ0v) is 14.1. The Morgan fingerprint density at radius 1 is 1.41 bits per heavy atom. The lowest BCUT2D eigenvalue weighted by atomic mass is 10.2. The lowest BCUT2D eigenvalue weighted by Gasteiger charge is -2.02. The van der Waals surface area contributed by atoms with Gasteiger partial charge in [-0.15, -0.1) is 10.2 Å². The molecule has 6 nitrogen and oxygen atoms in total. The molecule has 0 aliphatic carbocycles. The first kappa shape index (κ1) is 16.7. The fourth-order valence-electron chi connectivity index (χ4n) is 1.64. The highest BCUT2D eigenvalue weighted by Crippen LogP contribution is 2.27. The van der Waals surface area contributed by atoms with E-state index >= 15 is 0 Å². The highest BCUT2D eigenvalue weighted by molar-refractivity contribution is 8.01. The van der Waals surface area contributed by atoms with E-state index in [9.17, 15) is 4.79 Å². The van der Waals surface area contributed by atoms with Gasteiger partial charge < -0.3 is 15.4 Å². The topological polar surface area (TPSA) is 76.1 Å². The first-order valence-corrected chi connectivity index (χ1v) is 8.53. The van der Waals surface area contributed by atoms with Gasteiger partial charge in [-0.2, -0.15) is 0 Å². The molecule has 8 heteroatoms. The molecule has 0 saturated carbocycles. The van der Waals surface area contributed by atoms with Gasteiger partial charge in [0, 0.05) is 19.3 Å². The molecule has 0 aliphatic rings. The summed E-state index contributed by atoms with van der Waals surface area (Å²) in [6.07, 6.45) is 0. The van der Waals surface area contributed by atoms with Crippen molar-refractivity contribution in [1.29, 1.82) is 0 Å². The summed E-state index contributed by atoms with van der Waals surface area (Å²) in [5.41, 5.74) is 2.15. The number of thioether (sulfide) groups is 1. The van der Waals surface area contributed by atoms with Crippen LogP contribution in [-0.4, -0.2) is 42.1 Å². The van der Waals surface area contributed by atoms with Crippen molar-refractivity contribution >= 4 is 39.8 Å². The van der Waals surface area contributed by atoms with Crippen molar-refractivity contribution in [3.8, 4) is 0 Å². The molecule has 0 radical (unpaired) electrons. The third kappa shape index (κ3) is 5.63. The monoisotopic (exact) mass is 338 g/mol. The van der Waals surface area contributed by atoms with Crippen LogP contribution >= 0.6 is 23.1 Å². The van der Waals surface area contributed by atoms with Crippen molar-refractivity contribution in [2.45, 2.75) is 11.3 Å². The number of ether oxygens (including phenoxy) is 1. The largest absolute Gasteiger partial charge is 0.383 e. The maximum Gasteiger partial charge on any atom is 0.230 e. The minimum absolute atomic E-state index is 0.0366.